The van der Waals surface area contributed by atoms with Gasteiger partial charge >= 0.3 is 0 Å². The average Bonchev–Trinajstić information content (AvgIpc) is 3.32. The highest BCUT2D eigenvalue weighted by Crippen LogP contribution is 2.20. The number of rotatable bonds is 10. The van der Waals surface area contributed by atoms with E-state index >= 15 is 0 Å². The van der Waals surface area contributed by atoms with Gasteiger partial charge < -0.3 is 10.1 Å². The van der Waals surface area contributed by atoms with Crippen LogP contribution in [0.5, 0.6) is 5.75 Å². The molecule has 0 aliphatic heterocycles. The van der Waals surface area contributed by atoms with Crippen molar-refractivity contribution in [3.63, 3.8) is 0 Å². The Morgan fingerprint density at radius 2 is 1.76 bits per heavy atom. The summed E-state index contributed by atoms with van der Waals surface area (Å²) in [5.41, 5.74) is 4.12. The van der Waals surface area contributed by atoms with Crippen molar-refractivity contribution in [1.82, 2.24) is 19.7 Å². The zero-order valence-electron chi connectivity index (χ0n) is 18.6. The van der Waals surface area contributed by atoms with Gasteiger partial charge in [-0.3, -0.25) is 4.98 Å². The molecule has 0 saturated heterocycles. The molecule has 0 atom stereocenters. The van der Waals surface area contributed by atoms with Gasteiger partial charge in [0.1, 0.15) is 11.6 Å². The summed E-state index contributed by atoms with van der Waals surface area (Å²) in [6.45, 7) is 3.35. The number of nitrogens with one attached hydrogen (secondary N) is 1. The molecule has 0 aliphatic rings. The van der Waals surface area contributed by atoms with E-state index in [9.17, 15) is 0 Å². The van der Waals surface area contributed by atoms with Crippen LogP contribution >= 0.6 is 0 Å². The Hall–Kier alpha value is -4.18. The van der Waals surface area contributed by atoms with Gasteiger partial charge in [-0.1, -0.05) is 19.1 Å². The number of hydrogen-bond acceptors (Lipinski definition) is 6. The summed E-state index contributed by atoms with van der Waals surface area (Å²) in [7, 11) is 0. The molecule has 7 nitrogen and oxygen atoms in total. The molecule has 0 radical (unpaired) electrons. The number of nitriles is 1. The molecular weight excluding hydrogens is 412 g/mol. The summed E-state index contributed by atoms with van der Waals surface area (Å²) in [6.07, 6.45) is 5.55. The molecule has 7 heteroatoms. The first-order chi connectivity index (χ1) is 16.3. The lowest BCUT2D eigenvalue weighted by atomic mass is 10.2. The zero-order chi connectivity index (χ0) is 22.9. The van der Waals surface area contributed by atoms with Crippen LogP contribution in [0.4, 0.5) is 5.69 Å². The number of aromatic nitrogens is 4. The van der Waals surface area contributed by atoms with Crippen molar-refractivity contribution in [1.29, 1.82) is 5.26 Å². The highest BCUT2D eigenvalue weighted by Gasteiger charge is 2.11. The van der Waals surface area contributed by atoms with Crippen LogP contribution in [0, 0.1) is 11.3 Å². The van der Waals surface area contributed by atoms with Gasteiger partial charge in [-0.25, -0.2) is 9.67 Å². The van der Waals surface area contributed by atoms with Crippen LogP contribution in [-0.4, -0.2) is 26.4 Å². The number of benzene rings is 2. The molecule has 2 aromatic heterocycles. The Kier molecular flexibility index (Phi) is 7.29. The minimum Gasteiger partial charge on any atom is -0.494 e. The minimum absolute atomic E-state index is 0.517. The van der Waals surface area contributed by atoms with Crippen LogP contribution in [0.25, 0.3) is 17.1 Å². The third-order valence-electron chi connectivity index (χ3n) is 5.16. The number of ether oxygens (including phenoxy) is 1. The third-order valence-corrected chi connectivity index (χ3v) is 5.16. The smallest absolute Gasteiger partial charge is 0.181 e. The van der Waals surface area contributed by atoms with E-state index in [4.69, 9.17) is 20.1 Å². The topological polar surface area (TPSA) is 88.7 Å². The van der Waals surface area contributed by atoms with Crippen molar-refractivity contribution < 1.29 is 4.74 Å². The molecule has 0 saturated carbocycles. The van der Waals surface area contributed by atoms with Crippen molar-refractivity contribution >= 4 is 5.69 Å². The van der Waals surface area contributed by atoms with Crippen LogP contribution < -0.4 is 10.1 Å². The van der Waals surface area contributed by atoms with E-state index in [2.05, 4.69) is 35.4 Å². The lowest BCUT2D eigenvalue weighted by Crippen LogP contribution is -2.03. The monoisotopic (exact) mass is 438 g/mol. The second-order valence-corrected chi connectivity index (χ2v) is 7.51. The normalized spacial score (nSPS) is 10.5. The Morgan fingerprint density at radius 1 is 1.00 bits per heavy atom. The molecule has 4 rings (SSSR count). The number of hydrogen-bond donors (Lipinski definition) is 1. The first kappa shape index (κ1) is 22.0. The van der Waals surface area contributed by atoms with Crippen molar-refractivity contribution in [3.8, 4) is 28.9 Å². The number of aryl methyl sites for hydroxylation is 1. The molecule has 0 fully saturated rings. The van der Waals surface area contributed by atoms with Crippen molar-refractivity contribution in [3.05, 3.63) is 84.4 Å². The zero-order valence-corrected chi connectivity index (χ0v) is 18.6. The Balaban J connectivity index is 1.37. The highest BCUT2D eigenvalue weighted by molar-refractivity contribution is 5.55. The number of nitrogens with zero attached hydrogens (tertiary/aromatic N) is 5. The highest BCUT2D eigenvalue weighted by atomic mass is 16.5. The first-order valence-corrected chi connectivity index (χ1v) is 11.1. The number of anilines is 1. The van der Waals surface area contributed by atoms with Gasteiger partial charge in [-0.15, -0.1) is 5.10 Å². The Morgan fingerprint density at radius 3 is 2.45 bits per heavy atom. The van der Waals surface area contributed by atoms with Gasteiger partial charge in [-0.05, 0) is 60.5 Å². The maximum Gasteiger partial charge on any atom is 0.181 e. The summed E-state index contributed by atoms with van der Waals surface area (Å²) in [4.78, 5) is 8.76. The Labute approximate surface area is 193 Å². The fourth-order valence-corrected chi connectivity index (χ4v) is 3.37. The second-order valence-electron chi connectivity index (χ2n) is 7.51. The van der Waals surface area contributed by atoms with E-state index in [1.165, 1.54) is 0 Å². The first-order valence-electron chi connectivity index (χ1n) is 11.1. The quantitative estimate of drug-likeness (QED) is 0.343. The molecule has 2 heterocycles. The van der Waals surface area contributed by atoms with Crippen LogP contribution in [0.15, 0.2) is 73.1 Å². The molecule has 1 N–H and O–H groups in total. The van der Waals surface area contributed by atoms with E-state index in [1.807, 2.05) is 53.2 Å². The maximum atomic E-state index is 8.57. The van der Waals surface area contributed by atoms with Gasteiger partial charge in [0, 0.05) is 43.0 Å². The molecule has 2 aromatic carbocycles. The van der Waals surface area contributed by atoms with Crippen LogP contribution in [0.3, 0.4) is 0 Å². The maximum absolute atomic E-state index is 8.57. The number of pyridine rings is 1. The summed E-state index contributed by atoms with van der Waals surface area (Å²) in [5.74, 6) is 2.44. The van der Waals surface area contributed by atoms with Gasteiger partial charge in [0.05, 0.1) is 18.4 Å². The summed E-state index contributed by atoms with van der Waals surface area (Å²) in [5, 5.41) is 16.7. The lowest BCUT2D eigenvalue weighted by Gasteiger charge is -2.10. The Bertz CT molecular complexity index is 1190. The fraction of sp³-hybridized carbons (Fsp3) is 0.231. The molecule has 0 aliphatic carbocycles. The summed E-state index contributed by atoms with van der Waals surface area (Å²) < 4.78 is 7.54. The van der Waals surface area contributed by atoms with E-state index in [0.717, 1.165) is 46.9 Å². The summed E-state index contributed by atoms with van der Waals surface area (Å²) >= 11 is 0. The van der Waals surface area contributed by atoms with E-state index in [0.29, 0.717) is 25.4 Å². The van der Waals surface area contributed by atoms with Gasteiger partial charge in [0.15, 0.2) is 5.82 Å². The molecule has 0 unspecified atom stereocenters. The largest absolute Gasteiger partial charge is 0.494 e. The molecule has 0 spiro atoms. The van der Waals surface area contributed by atoms with E-state index < -0.39 is 0 Å². The van der Waals surface area contributed by atoms with E-state index in [1.54, 1.807) is 12.4 Å². The molecule has 4 aromatic rings. The van der Waals surface area contributed by atoms with Crippen molar-refractivity contribution in [2.75, 3.05) is 11.9 Å². The SMILES string of the molecule is CCc1nc(-c2ccncc2)nn1-c1ccc(NCc2ccc(OCCCC#N)cc2)cc1. The average molecular weight is 439 g/mol. The summed E-state index contributed by atoms with van der Waals surface area (Å²) in [6, 6.07) is 22.2. The van der Waals surface area contributed by atoms with E-state index in [-0.39, 0.29) is 0 Å². The molecular formula is C26H26N6O. The van der Waals surface area contributed by atoms with Crippen molar-refractivity contribution in [2.24, 2.45) is 0 Å². The fourth-order valence-electron chi connectivity index (χ4n) is 3.37. The van der Waals surface area contributed by atoms with Crippen LogP contribution in [-0.2, 0) is 13.0 Å². The van der Waals surface area contributed by atoms with Crippen molar-refractivity contribution in [2.45, 2.75) is 32.7 Å². The third kappa shape index (κ3) is 5.74. The van der Waals surface area contributed by atoms with Gasteiger partial charge in [-0.2, -0.15) is 5.26 Å². The van der Waals surface area contributed by atoms with Crippen LogP contribution in [0.1, 0.15) is 31.2 Å². The van der Waals surface area contributed by atoms with Gasteiger partial charge in [0.2, 0.25) is 0 Å². The predicted molar refractivity (Wildman–Crippen MR) is 128 cm³/mol. The molecule has 33 heavy (non-hydrogen) atoms. The minimum atomic E-state index is 0.517. The predicted octanol–water partition coefficient (Wildman–Crippen LogP) is 5.19. The van der Waals surface area contributed by atoms with Gasteiger partial charge in [0.25, 0.3) is 0 Å². The number of unbranched alkanes of at least 4 members (excludes halogenated alkanes) is 1. The van der Waals surface area contributed by atoms with Crippen LogP contribution in [0.2, 0.25) is 0 Å². The molecule has 0 bridgehead atoms. The standard InChI is InChI=1S/C26H26N6O/c1-2-25-30-26(21-13-16-28-17-14-21)31-32(25)23-9-7-22(8-10-23)29-19-20-5-11-24(12-6-20)33-18-4-3-15-27/h5-14,16-17,29H,2-4,18-19H2,1H3. The lowest BCUT2D eigenvalue weighted by molar-refractivity contribution is 0.312. The molecule has 166 valence electrons. The second kappa shape index (κ2) is 10.9. The molecule has 0 amide bonds.